The number of hydrogen-bond donors (Lipinski definition) is 0. The van der Waals surface area contributed by atoms with Crippen LogP contribution < -0.4 is 0 Å². The van der Waals surface area contributed by atoms with Crippen molar-refractivity contribution >= 4 is 0 Å². The van der Waals surface area contributed by atoms with E-state index in [9.17, 15) is 0 Å². The number of nitrogens with zero attached hydrogens (tertiary/aromatic N) is 2. The number of benzene rings is 1. The van der Waals surface area contributed by atoms with E-state index in [0.717, 1.165) is 78.5 Å². The maximum absolute atomic E-state index is 5.54. The van der Waals surface area contributed by atoms with Gasteiger partial charge in [0, 0.05) is 39.3 Å². The first-order valence-electron chi connectivity index (χ1n) is 11.7. The molecule has 6 heteroatoms. The quantitative estimate of drug-likeness (QED) is 0.433. The Balaban J connectivity index is 1.36. The van der Waals surface area contributed by atoms with Crippen LogP contribution in [0.4, 0.5) is 0 Å². The molecule has 0 spiro atoms. The molecule has 1 aromatic carbocycles. The molecular formula is C24H36N2O4. The highest BCUT2D eigenvalue weighted by Crippen LogP contribution is 2.26. The zero-order valence-corrected chi connectivity index (χ0v) is 18.5. The highest BCUT2D eigenvalue weighted by Gasteiger charge is 2.33. The molecule has 4 saturated heterocycles. The molecule has 0 N–H and O–H groups in total. The maximum Gasteiger partial charge on any atom is 0.0936 e. The maximum atomic E-state index is 5.54. The van der Waals surface area contributed by atoms with Gasteiger partial charge < -0.3 is 18.9 Å². The van der Waals surface area contributed by atoms with Crippen LogP contribution in [0.1, 0.15) is 36.1 Å². The van der Waals surface area contributed by atoms with Gasteiger partial charge >= 0.3 is 0 Å². The Hall–Kier alpha value is -1.02. The summed E-state index contributed by atoms with van der Waals surface area (Å²) >= 11 is 0. The summed E-state index contributed by atoms with van der Waals surface area (Å²) in [5, 5.41) is 0. The minimum Gasteiger partial charge on any atom is -0.372 e. The Morgan fingerprint density at radius 1 is 0.600 bits per heavy atom. The van der Waals surface area contributed by atoms with Crippen LogP contribution in [0.15, 0.2) is 12.1 Å². The molecule has 0 aromatic heterocycles. The molecular weight excluding hydrogens is 380 g/mol. The van der Waals surface area contributed by atoms with Crippen LogP contribution in [0, 0.1) is 0 Å². The lowest BCUT2D eigenvalue weighted by molar-refractivity contribution is 0.203. The summed E-state index contributed by atoms with van der Waals surface area (Å²) in [6.07, 6.45) is 3.80. The normalized spacial score (nSPS) is 28.9. The third-order valence-corrected chi connectivity index (χ3v) is 6.53. The molecule has 4 aliphatic heterocycles. The van der Waals surface area contributed by atoms with Crippen LogP contribution >= 0.6 is 0 Å². The first kappa shape index (κ1) is 20.9. The zero-order valence-electron chi connectivity index (χ0n) is 18.5. The standard InChI is InChI=1S/C24H36N2O4/c1-3-17-5-19(7-25(9-21-13-27-21)10-22-14-28-22)20(6-18(17)4-2)8-26(11-23-15-29-23)12-24-16-30-24/h5-6,21-24H,3-4,7-16H2,1-2H3. The predicted octanol–water partition coefficient (Wildman–Crippen LogP) is 2.01. The van der Waals surface area contributed by atoms with Crippen molar-refractivity contribution in [2.75, 3.05) is 52.6 Å². The van der Waals surface area contributed by atoms with Crippen LogP contribution in [-0.2, 0) is 44.9 Å². The van der Waals surface area contributed by atoms with E-state index in [0.29, 0.717) is 24.4 Å². The molecule has 4 unspecified atom stereocenters. The average molecular weight is 417 g/mol. The average Bonchev–Trinajstić information content (AvgIpc) is 3.53. The Morgan fingerprint density at radius 2 is 0.900 bits per heavy atom. The van der Waals surface area contributed by atoms with Crippen LogP contribution in [-0.4, -0.2) is 86.8 Å². The fraction of sp³-hybridized carbons (Fsp3) is 0.750. The molecule has 4 atom stereocenters. The van der Waals surface area contributed by atoms with Crippen molar-refractivity contribution in [2.24, 2.45) is 0 Å². The first-order valence-corrected chi connectivity index (χ1v) is 11.7. The molecule has 30 heavy (non-hydrogen) atoms. The third kappa shape index (κ3) is 6.02. The van der Waals surface area contributed by atoms with Gasteiger partial charge in [0.15, 0.2) is 0 Å². The Bertz CT molecular complexity index is 637. The van der Waals surface area contributed by atoms with Gasteiger partial charge in [-0.25, -0.2) is 0 Å². The molecule has 0 saturated carbocycles. The lowest BCUT2D eigenvalue weighted by Gasteiger charge is -2.27. The van der Waals surface area contributed by atoms with Crippen molar-refractivity contribution in [3.63, 3.8) is 0 Å². The van der Waals surface area contributed by atoms with Crippen LogP contribution in [0.25, 0.3) is 0 Å². The molecule has 0 amide bonds. The van der Waals surface area contributed by atoms with Crippen molar-refractivity contribution in [1.29, 1.82) is 0 Å². The van der Waals surface area contributed by atoms with Crippen molar-refractivity contribution in [3.8, 4) is 0 Å². The second kappa shape index (κ2) is 9.23. The number of hydrogen-bond acceptors (Lipinski definition) is 6. The summed E-state index contributed by atoms with van der Waals surface area (Å²) in [7, 11) is 0. The van der Waals surface area contributed by atoms with Crippen molar-refractivity contribution in [2.45, 2.75) is 64.2 Å². The van der Waals surface area contributed by atoms with E-state index in [1.54, 1.807) is 0 Å². The highest BCUT2D eigenvalue weighted by atomic mass is 16.6. The molecule has 4 heterocycles. The second-order valence-electron chi connectivity index (χ2n) is 9.31. The van der Waals surface area contributed by atoms with E-state index in [1.165, 1.54) is 22.3 Å². The van der Waals surface area contributed by atoms with Crippen LogP contribution in [0.2, 0.25) is 0 Å². The lowest BCUT2D eigenvalue weighted by atomic mass is 9.94. The summed E-state index contributed by atoms with van der Waals surface area (Å²) < 4.78 is 22.2. The molecule has 4 fully saturated rings. The van der Waals surface area contributed by atoms with Gasteiger partial charge in [0.2, 0.25) is 0 Å². The fourth-order valence-electron chi connectivity index (χ4n) is 4.48. The minimum absolute atomic E-state index is 0.406. The zero-order chi connectivity index (χ0) is 20.5. The SMILES string of the molecule is CCc1cc(CN(CC2CO2)CC2CO2)c(CN(CC2CO2)CC2CO2)cc1CC. The Morgan fingerprint density at radius 3 is 1.13 bits per heavy atom. The van der Waals surface area contributed by atoms with E-state index in [1.807, 2.05) is 0 Å². The fourth-order valence-corrected chi connectivity index (χ4v) is 4.48. The largest absolute Gasteiger partial charge is 0.372 e. The van der Waals surface area contributed by atoms with Gasteiger partial charge in [-0.05, 0) is 35.1 Å². The number of ether oxygens (including phenoxy) is 4. The van der Waals surface area contributed by atoms with E-state index >= 15 is 0 Å². The van der Waals surface area contributed by atoms with Gasteiger partial charge in [-0.15, -0.1) is 0 Å². The minimum atomic E-state index is 0.406. The second-order valence-corrected chi connectivity index (χ2v) is 9.31. The smallest absolute Gasteiger partial charge is 0.0936 e. The molecule has 5 rings (SSSR count). The summed E-state index contributed by atoms with van der Waals surface area (Å²) in [5.74, 6) is 0. The van der Waals surface area contributed by atoms with Crippen molar-refractivity contribution in [3.05, 3.63) is 34.4 Å². The van der Waals surface area contributed by atoms with Crippen LogP contribution in [0.5, 0.6) is 0 Å². The first-order chi connectivity index (χ1) is 14.7. The number of aryl methyl sites for hydroxylation is 2. The van der Waals surface area contributed by atoms with Gasteiger partial charge in [0.25, 0.3) is 0 Å². The number of epoxide rings is 4. The summed E-state index contributed by atoms with van der Waals surface area (Å²) in [6.45, 7) is 14.1. The van der Waals surface area contributed by atoms with Gasteiger partial charge in [-0.3, -0.25) is 9.80 Å². The number of rotatable bonds is 14. The summed E-state index contributed by atoms with van der Waals surface area (Å²) in [6, 6.07) is 4.95. The van der Waals surface area contributed by atoms with E-state index in [4.69, 9.17) is 18.9 Å². The topological polar surface area (TPSA) is 56.6 Å². The Labute approximate surface area is 180 Å². The van der Waals surface area contributed by atoms with Crippen LogP contribution in [0.3, 0.4) is 0 Å². The molecule has 1 aromatic rings. The van der Waals surface area contributed by atoms with Gasteiger partial charge in [0.05, 0.1) is 50.8 Å². The van der Waals surface area contributed by atoms with E-state index < -0.39 is 0 Å². The summed E-state index contributed by atoms with van der Waals surface area (Å²) in [4.78, 5) is 5.08. The highest BCUT2D eigenvalue weighted by molar-refractivity contribution is 5.39. The predicted molar refractivity (Wildman–Crippen MR) is 115 cm³/mol. The van der Waals surface area contributed by atoms with Gasteiger partial charge in [-0.1, -0.05) is 26.0 Å². The monoisotopic (exact) mass is 416 g/mol. The molecule has 0 aliphatic carbocycles. The van der Waals surface area contributed by atoms with Crippen molar-refractivity contribution in [1.82, 2.24) is 9.80 Å². The van der Waals surface area contributed by atoms with E-state index in [2.05, 4.69) is 35.8 Å². The van der Waals surface area contributed by atoms with Gasteiger partial charge in [0.1, 0.15) is 0 Å². The van der Waals surface area contributed by atoms with Gasteiger partial charge in [-0.2, -0.15) is 0 Å². The molecule has 0 radical (unpaired) electrons. The van der Waals surface area contributed by atoms with Crippen molar-refractivity contribution < 1.29 is 18.9 Å². The summed E-state index contributed by atoms with van der Waals surface area (Å²) in [5.41, 5.74) is 5.90. The lowest BCUT2D eigenvalue weighted by Crippen LogP contribution is -2.34. The molecule has 6 nitrogen and oxygen atoms in total. The molecule has 4 aliphatic rings. The van der Waals surface area contributed by atoms with E-state index in [-0.39, 0.29) is 0 Å². The molecule has 166 valence electrons. The third-order valence-electron chi connectivity index (χ3n) is 6.53. The Kier molecular flexibility index (Phi) is 6.42. The molecule has 0 bridgehead atoms.